The van der Waals surface area contributed by atoms with Crippen LogP contribution in [0.2, 0.25) is 0 Å². The summed E-state index contributed by atoms with van der Waals surface area (Å²) in [5, 5.41) is 5.75. The minimum absolute atomic E-state index is 0.336. The van der Waals surface area contributed by atoms with Gasteiger partial charge in [-0.3, -0.25) is 4.98 Å². The maximum absolute atomic E-state index is 4.41. The number of nitrogens with zero attached hydrogens (tertiary/aromatic N) is 1. The lowest BCUT2D eigenvalue weighted by Crippen LogP contribution is -2.24. The average Bonchev–Trinajstić information content (AvgIpc) is 2.81. The van der Waals surface area contributed by atoms with Gasteiger partial charge >= 0.3 is 0 Å². The van der Waals surface area contributed by atoms with E-state index in [9.17, 15) is 0 Å². The van der Waals surface area contributed by atoms with Crippen molar-refractivity contribution in [2.24, 2.45) is 0 Å². The Morgan fingerprint density at radius 2 is 2.21 bits per heavy atom. The molecule has 0 amide bonds. The van der Waals surface area contributed by atoms with Crippen LogP contribution < -0.4 is 5.32 Å². The van der Waals surface area contributed by atoms with Gasteiger partial charge in [0.2, 0.25) is 0 Å². The van der Waals surface area contributed by atoms with Crippen LogP contribution in [-0.2, 0) is 6.42 Å². The van der Waals surface area contributed by atoms with Crippen LogP contribution >= 0.6 is 27.3 Å². The molecule has 0 fully saturated rings. The summed E-state index contributed by atoms with van der Waals surface area (Å²) in [6, 6.07) is 6.71. The molecule has 2 aromatic heterocycles. The number of rotatable bonds is 6. The average molecular weight is 339 g/mol. The molecule has 19 heavy (non-hydrogen) atoms. The summed E-state index contributed by atoms with van der Waals surface area (Å²) in [5.41, 5.74) is 2.33. The summed E-state index contributed by atoms with van der Waals surface area (Å²) in [7, 11) is 0. The second-order valence-electron chi connectivity index (χ2n) is 4.64. The van der Waals surface area contributed by atoms with Crippen LogP contribution in [0.25, 0.3) is 0 Å². The molecule has 1 unspecified atom stereocenters. The molecule has 2 rings (SSSR count). The third-order valence-electron chi connectivity index (χ3n) is 3.06. The smallest absolute Gasteiger partial charge is 0.0384 e. The highest BCUT2D eigenvalue weighted by molar-refractivity contribution is 9.10. The number of hydrogen-bond donors (Lipinski definition) is 1. The van der Waals surface area contributed by atoms with Crippen molar-refractivity contribution in [3.05, 3.63) is 50.4 Å². The van der Waals surface area contributed by atoms with Crippen molar-refractivity contribution in [3.8, 4) is 0 Å². The maximum Gasteiger partial charge on any atom is 0.0384 e. The third kappa shape index (κ3) is 4.13. The summed E-state index contributed by atoms with van der Waals surface area (Å²) in [4.78, 5) is 5.79. The first-order valence-electron chi connectivity index (χ1n) is 6.58. The lowest BCUT2D eigenvalue weighted by atomic mass is 10.0. The second kappa shape index (κ2) is 7.17. The molecule has 0 aliphatic heterocycles. The fourth-order valence-corrected chi connectivity index (χ4v) is 3.53. The van der Waals surface area contributed by atoms with Crippen LogP contribution in [0, 0.1) is 6.92 Å². The van der Waals surface area contributed by atoms with Gasteiger partial charge in [-0.1, -0.05) is 13.0 Å². The molecule has 0 bridgehead atoms. The fraction of sp³-hybridized carbons (Fsp3) is 0.400. The molecular weight excluding hydrogens is 320 g/mol. The highest BCUT2D eigenvalue weighted by Gasteiger charge is 2.14. The minimum Gasteiger partial charge on any atom is -0.310 e. The fourth-order valence-electron chi connectivity index (χ4n) is 1.97. The van der Waals surface area contributed by atoms with Crippen LogP contribution in [0.3, 0.4) is 0 Å². The van der Waals surface area contributed by atoms with Crippen molar-refractivity contribution in [1.82, 2.24) is 10.3 Å². The van der Waals surface area contributed by atoms with Gasteiger partial charge in [0.1, 0.15) is 0 Å². The van der Waals surface area contributed by atoms with Crippen LogP contribution in [-0.4, -0.2) is 11.5 Å². The van der Waals surface area contributed by atoms with Gasteiger partial charge in [0.05, 0.1) is 0 Å². The molecule has 0 saturated heterocycles. The molecule has 0 saturated carbocycles. The van der Waals surface area contributed by atoms with E-state index in [2.05, 4.69) is 56.7 Å². The zero-order valence-electron chi connectivity index (χ0n) is 11.3. The molecule has 0 aliphatic carbocycles. The SMILES string of the molecule is CCCNC(Cc1sccc1Br)c1ccc(C)nc1. The van der Waals surface area contributed by atoms with Crippen LogP contribution in [0.1, 0.15) is 35.5 Å². The monoisotopic (exact) mass is 338 g/mol. The second-order valence-corrected chi connectivity index (χ2v) is 6.49. The van der Waals surface area contributed by atoms with Crippen LogP contribution in [0.15, 0.2) is 34.2 Å². The Bertz CT molecular complexity index is 507. The van der Waals surface area contributed by atoms with E-state index in [1.165, 1.54) is 14.9 Å². The van der Waals surface area contributed by atoms with Crippen molar-refractivity contribution < 1.29 is 0 Å². The Labute approximate surface area is 127 Å². The highest BCUT2D eigenvalue weighted by Crippen LogP contribution is 2.28. The molecule has 1 atom stereocenters. The van der Waals surface area contributed by atoms with Gasteiger partial charge in [0, 0.05) is 33.7 Å². The molecule has 1 N–H and O–H groups in total. The van der Waals surface area contributed by atoms with Gasteiger partial charge in [-0.25, -0.2) is 0 Å². The third-order valence-corrected chi connectivity index (χ3v) is 5.01. The summed E-state index contributed by atoms with van der Waals surface area (Å²) >= 11 is 5.42. The summed E-state index contributed by atoms with van der Waals surface area (Å²) in [6.07, 6.45) is 4.13. The molecule has 0 spiro atoms. The Morgan fingerprint density at radius 1 is 1.37 bits per heavy atom. The van der Waals surface area contributed by atoms with Gasteiger partial charge < -0.3 is 5.32 Å². The molecular formula is C15H19BrN2S. The van der Waals surface area contributed by atoms with E-state index in [1.54, 1.807) is 11.3 Å². The number of pyridine rings is 1. The zero-order valence-corrected chi connectivity index (χ0v) is 13.7. The molecule has 2 aromatic rings. The Hall–Kier alpha value is -0.710. The standard InChI is InChI=1S/C15H19BrN2S/c1-3-7-17-14(9-15-13(16)6-8-19-15)12-5-4-11(2)18-10-12/h4-6,8,10,14,17H,3,7,9H2,1-2H3. The number of thiophene rings is 1. The molecule has 0 radical (unpaired) electrons. The minimum atomic E-state index is 0.336. The first-order chi connectivity index (χ1) is 9.20. The van der Waals surface area contributed by atoms with Crippen molar-refractivity contribution in [2.75, 3.05) is 6.54 Å². The highest BCUT2D eigenvalue weighted by atomic mass is 79.9. The van der Waals surface area contributed by atoms with E-state index in [0.29, 0.717) is 6.04 Å². The maximum atomic E-state index is 4.41. The normalized spacial score (nSPS) is 12.6. The van der Waals surface area contributed by atoms with Gasteiger partial charge in [-0.15, -0.1) is 11.3 Å². The van der Waals surface area contributed by atoms with Crippen molar-refractivity contribution in [3.63, 3.8) is 0 Å². The Morgan fingerprint density at radius 3 is 2.79 bits per heavy atom. The van der Waals surface area contributed by atoms with E-state index < -0.39 is 0 Å². The van der Waals surface area contributed by atoms with E-state index in [-0.39, 0.29) is 0 Å². The first-order valence-corrected chi connectivity index (χ1v) is 8.25. The van der Waals surface area contributed by atoms with E-state index >= 15 is 0 Å². The van der Waals surface area contributed by atoms with Crippen LogP contribution in [0.4, 0.5) is 0 Å². The van der Waals surface area contributed by atoms with Gasteiger partial charge in [-0.05, 0) is 58.9 Å². The largest absolute Gasteiger partial charge is 0.310 e. The van der Waals surface area contributed by atoms with Crippen molar-refractivity contribution in [1.29, 1.82) is 0 Å². The lowest BCUT2D eigenvalue weighted by Gasteiger charge is -2.18. The Balaban J connectivity index is 2.15. The molecule has 2 heterocycles. The number of hydrogen-bond acceptors (Lipinski definition) is 3. The summed E-state index contributed by atoms with van der Waals surface area (Å²) < 4.78 is 1.21. The predicted octanol–water partition coefficient (Wildman–Crippen LogP) is 4.50. The number of halogens is 1. The van der Waals surface area contributed by atoms with Crippen molar-refractivity contribution in [2.45, 2.75) is 32.7 Å². The van der Waals surface area contributed by atoms with Gasteiger partial charge in [0.25, 0.3) is 0 Å². The zero-order chi connectivity index (χ0) is 13.7. The summed E-state index contributed by atoms with van der Waals surface area (Å²) in [5.74, 6) is 0. The first kappa shape index (κ1) is 14.7. The Kier molecular flexibility index (Phi) is 5.55. The number of nitrogens with one attached hydrogen (secondary N) is 1. The molecule has 102 valence electrons. The topological polar surface area (TPSA) is 24.9 Å². The predicted molar refractivity (Wildman–Crippen MR) is 85.7 cm³/mol. The molecule has 4 heteroatoms. The van der Waals surface area contributed by atoms with E-state index in [1.807, 2.05) is 13.1 Å². The quantitative estimate of drug-likeness (QED) is 0.838. The molecule has 0 aliphatic rings. The summed E-state index contributed by atoms with van der Waals surface area (Å²) in [6.45, 7) is 5.24. The number of aromatic nitrogens is 1. The van der Waals surface area contributed by atoms with Gasteiger partial charge in [0.15, 0.2) is 0 Å². The van der Waals surface area contributed by atoms with Crippen LogP contribution in [0.5, 0.6) is 0 Å². The molecule has 0 aromatic carbocycles. The van der Waals surface area contributed by atoms with Gasteiger partial charge in [-0.2, -0.15) is 0 Å². The lowest BCUT2D eigenvalue weighted by molar-refractivity contribution is 0.530. The van der Waals surface area contributed by atoms with E-state index in [0.717, 1.165) is 25.1 Å². The number of aryl methyl sites for hydroxylation is 1. The molecule has 2 nitrogen and oxygen atoms in total. The van der Waals surface area contributed by atoms with E-state index in [4.69, 9.17) is 0 Å². The van der Waals surface area contributed by atoms with Crippen molar-refractivity contribution >= 4 is 27.3 Å².